The zero-order valence-corrected chi connectivity index (χ0v) is 11.6. The molecule has 2 aromatic rings. The van der Waals surface area contributed by atoms with Crippen LogP contribution in [0.3, 0.4) is 0 Å². The molecule has 2 rings (SSSR count). The summed E-state index contributed by atoms with van der Waals surface area (Å²) in [6, 6.07) is 9.73. The van der Waals surface area contributed by atoms with Gasteiger partial charge in [0.25, 0.3) is 0 Å². The molecule has 0 bridgehead atoms. The van der Waals surface area contributed by atoms with E-state index in [2.05, 4.69) is 17.2 Å². The summed E-state index contributed by atoms with van der Waals surface area (Å²) in [5, 5.41) is 5.02. The minimum absolute atomic E-state index is 0.0842. The molecular weight excluding hydrogens is 256 g/mol. The third-order valence-corrected chi connectivity index (χ3v) is 3.69. The summed E-state index contributed by atoms with van der Waals surface area (Å²) in [5.41, 5.74) is 0.779. The summed E-state index contributed by atoms with van der Waals surface area (Å²) in [6.07, 6.45) is 5.83. The standard InChI is InChI=1S/C15H16N2OS/c1-2-13(14-7-5-11-19-14)17-15(18)9-8-12-6-3-4-10-16-12/h3-11,13H,2H2,1H3,(H,17,18)/b9-8+. The fourth-order valence-corrected chi connectivity index (χ4v) is 2.58. The third kappa shape index (κ3) is 4.03. The molecule has 1 amide bonds. The predicted octanol–water partition coefficient (Wildman–Crippen LogP) is 3.42. The molecule has 3 nitrogen and oxygen atoms in total. The number of carbonyl (C=O) groups excluding carboxylic acids is 1. The first kappa shape index (κ1) is 13.5. The molecule has 0 spiro atoms. The second kappa shape index (κ2) is 6.85. The van der Waals surface area contributed by atoms with Crippen LogP contribution in [0, 0.1) is 0 Å². The Hall–Kier alpha value is -1.94. The lowest BCUT2D eigenvalue weighted by atomic mass is 10.2. The van der Waals surface area contributed by atoms with Gasteiger partial charge in [0.05, 0.1) is 11.7 Å². The zero-order chi connectivity index (χ0) is 13.5. The van der Waals surface area contributed by atoms with E-state index in [1.54, 1.807) is 23.6 Å². The fourth-order valence-electron chi connectivity index (χ4n) is 1.72. The number of rotatable bonds is 5. The first-order valence-electron chi connectivity index (χ1n) is 6.22. The minimum Gasteiger partial charge on any atom is -0.345 e. The molecule has 0 aromatic carbocycles. The lowest BCUT2D eigenvalue weighted by molar-refractivity contribution is -0.117. The van der Waals surface area contributed by atoms with Gasteiger partial charge in [-0.1, -0.05) is 19.1 Å². The maximum absolute atomic E-state index is 11.9. The molecule has 1 N–H and O–H groups in total. The van der Waals surface area contributed by atoms with Crippen LogP contribution in [0.15, 0.2) is 48.0 Å². The SMILES string of the molecule is CCC(NC(=O)/C=C/c1ccccn1)c1cccs1. The van der Waals surface area contributed by atoms with Gasteiger partial charge in [0.15, 0.2) is 0 Å². The molecule has 0 radical (unpaired) electrons. The molecule has 2 aromatic heterocycles. The zero-order valence-electron chi connectivity index (χ0n) is 10.7. The van der Waals surface area contributed by atoms with E-state index in [1.807, 2.05) is 35.7 Å². The second-order valence-electron chi connectivity index (χ2n) is 4.07. The molecule has 19 heavy (non-hydrogen) atoms. The lowest BCUT2D eigenvalue weighted by Gasteiger charge is -2.13. The number of nitrogens with one attached hydrogen (secondary N) is 1. The monoisotopic (exact) mass is 272 g/mol. The molecule has 0 aliphatic carbocycles. The topological polar surface area (TPSA) is 42.0 Å². The molecule has 1 unspecified atom stereocenters. The summed E-state index contributed by atoms with van der Waals surface area (Å²) < 4.78 is 0. The van der Waals surface area contributed by atoms with Crippen molar-refractivity contribution in [3.8, 4) is 0 Å². The molecule has 0 aliphatic rings. The number of aromatic nitrogens is 1. The van der Waals surface area contributed by atoms with Crippen LogP contribution in [-0.2, 0) is 4.79 Å². The van der Waals surface area contributed by atoms with E-state index in [9.17, 15) is 4.79 Å². The summed E-state index contributed by atoms with van der Waals surface area (Å²) >= 11 is 1.66. The van der Waals surface area contributed by atoms with Crippen LogP contribution in [0.1, 0.15) is 30.0 Å². The summed E-state index contributed by atoms with van der Waals surface area (Å²) in [4.78, 5) is 17.2. The van der Waals surface area contributed by atoms with Gasteiger partial charge in [0.2, 0.25) is 5.91 Å². The van der Waals surface area contributed by atoms with Crippen molar-refractivity contribution in [2.24, 2.45) is 0 Å². The Bertz CT molecular complexity index is 535. The first-order chi connectivity index (χ1) is 9.29. The van der Waals surface area contributed by atoms with Crippen molar-refractivity contribution in [2.75, 3.05) is 0 Å². The predicted molar refractivity (Wildman–Crippen MR) is 78.8 cm³/mol. The Kier molecular flexibility index (Phi) is 4.86. The highest BCUT2D eigenvalue weighted by Crippen LogP contribution is 2.21. The van der Waals surface area contributed by atoms with Crippen LogP contribution in [0.25, 0.3) is 6.08 Å². The van der Waals surface area contributed by atoms with E-state index in [1.165, 1.54) is 11.0 Å². The molecule has 98 valence electrons. The lowest BCUT2D eigenvalue weighted by Crippen LogP contribution is -2.25. The van der Waals surface area contributed by atoms with Crippen LogP contribution in [0.5, 0.6) is 0 Å². The average molecular weight is 272 g/mol. The van der Waals surface area contributed by atoms with Gasteiger partial charge >= 0.3 is 0 Å². The number of nitrogens with zero attached hydrogens (tertiary/aromatic N) is 1. The van der Waals surface area contributed by atoms with E-state index in [4.69, 9.17) is 0 Å². The van der Waals surface area contributed by atoms with Gasteiger partial charge in [-0.25, -0.2) is 0 Å². The quantitative estimate of drug-likeness (QED) is 0.847. The van der Waals surface area contributed by atoms with Crippen LogP contribution >= 0.6 is 11.3 Å². The smallest absolute Gasteiger partial charge is 0.244 e. The van der Waals surface area contributed by atoms with Crippen molar-refractivity contribution >= 4 is 23.3 Å². The van der Waals surface area contributed by atoms with Crippen molar-refractivity contribution in [3.63, 3.8) is 0 Å². The Morgan fingerprint density at radius 3 is 2.95 bits per heavy atom. The van der Waals surface area contributed by atoms with Gasteiger partial charge in [0.1, 0.15) is 0 Å². The van der Waals surface area contributed by atoms with Gasteiger partial charge < -0.3 is 5.32 Å². The Balaban J connectivity index is 1.95. The Morgan fingerprint density at radius 2 is 2.32 bits per heavy atom. The highest BCUT2D eigenvalue weighted by molar-refractivity contribution is 7.10. The number of carbonyl (C=O) groups is 1. The van der Waals surface area contributed by atoms with Crippen molar-refractivity contribution in [3.05, 3.63) is 58.6 Å². The molecule has 0 aliphatic heterocycles. The number of pyridine rings is 1. The summed E-state index contributed by atoms with van der Waals surface area (Å²) in [5.74, 6) is -0.0918. The summed E-state index contributed by atoms with van der Waals surface area (Å²) in [6.45, 7) is 2.06. The highest BCUT2D eigenvalue weighted by atomic mass is 32.1. The average Bonchev–Trinajstić information content (AvgIpc) is 2.97. The maximum atomic E-state index is 11.9. The van der Waals surface area contributed by atoms with Gasteiger partial charge in [-0.15, -0.1) is 11.3 Å². The molecule has 1 atom stereocenters. The maximum Gasteiger partial charge on any atom is 0.244 e. The van der Waals surface area contributed by atoms with Crippen molar-refractivity contribution in [1.29, 1.82) is 0 Å². The van der Waals surface area contributed by atoms with E-state index in [0.717, 1.165) is 12.1 Å². The number of hydrogen-bond donors (Lipinski definition) is 1. The molecule has 2 heterocycles. The van der Waals surface area contributed by atoms with Gasteiger partial charge in [-0.05, 0) is 36.1 Å². The largest absolute Gasteiger partial charge is 0.345 e. The van der Waals surface area contributed by atoms with Gasteiger partial charge in [-0.3, -0.25) is 9.78 Å². The Labute approximate surface area is 117 Å². The van der Waals surface area contributed by atoms with Crippen molar-refractivity contribution in [2.45, 2.75) is 19.4 Å². The van der Waals surface area contributed by atoms with E-state index in [-0.39, 0.29) is 11.9 Å². The highest BCUT2D eigenvalue weighted by Gasteiger charge is 2.11. The number of hydrogen-bond acceptors (Lipinski definition) is 3. The number of amides is 1. The van der Waals surface area contributed by atoms with E-state index < -0.39 is 0 Å². The minimum atomic E-state index is -0.0918. The summed E-state index contributed by atoms with van der Waals surface area (Å²) in [7, 11) is 0. The normalized spacial score (nSPS) is 12.5. The van der Waals surface area contributed by atoms with Crippen LogP contribution in [0.2, 0.25) is 0 Å². The molecule has 0 fully saturated rings. The molecule has 0 saturated carbocycles. The van der Waals surface area contributed by atoms with Gasteiger partial charge in [-0.2, -0.15) is 0 Å². The van der Waals surface area contributed by atoms with E-state index >= 15 is 0 Å². The fraction of sp³-hybridized carbons (Fsp3) is 0.200. The molecule has 0 saturated heterocycles. The Morgan fingerprint density at radius 1 is 1.42 bits per heavy atom. The van der Waals surface area contributed by atoms with Crippen LogP contribution in [0.4, 0.5) is 0 Å². The second-order valence-corrected chi connectivity index (χ2v) is 5.05. The third-order valence-electron chi connectivity index (χ3n) is 2.70. The molecule has 4 heteroatoms. The molecular formula is C15H16N2OS. The first-order valence-corrected chi connectivity index (χ1v) is 7.10. The van der Waals surface area contributed by atoms with Crippen molar-refractivity contribution < 1.29 is 4.79 Å². The van der Waals surface area contributed by atoms with Crippen molar-refractivity contribution in [1.82, 2.24) is 10.3 Å². The van der Waals surface area contributed by atoms with Crippen LogP contribution in [-0.4, -0.2) is 10.9 Å². The van der Waals surface area contributed by atoms with Crippen LogP contribution < -0.4 is 5.32 Å². The number of thiophene rings is 1. The van der Waals surface area contributed by atoms with Gasteiger partial charge in [0, 0.05) is 17.2 Å². The van der Waals surface area contributed by atoms with E-state index in [0.29, 0.717) is 0 Å².